The topological polar surface area (TPSA) is 101 Å². The van der Waals surface area contributed by atoms with Gasteiger partial charge in [0.05, 0.1) is 5.69 Å². The van der Waals surface area contributed by atoms with Crippen LogP contribution in [0.2, 0.25) is 5.02 Å². The Labute approximate surface area is 176 Å². The van der Waals surface area contributed by atoms with Gasteiger partial charge in [0, 0.05) is 16.1 Å². The summed E-state index contributed by atoms with van der Waals surface area (Å²) in [6.45, 7) is 4.30. The number of aromatic amines is 1. The van der Waals surface area contributed by atoms with E-state index < -0.39 is 6.04 Å². The molecule has 2 aromatic carbocycles. The molecule has 150 valence electrons. The fraction of sp³-hybridized carbons (Fsp3) is 0.190. The van der Waals surface area contributed by atoms with Crippen molar-refractivity contribution in [2.24, 2.45) is 0 Å². The maximum absolute atomic E-state index is 12.7. The minimum atomic E-state index is -0.409. The molecule has 0 radical (unpaired) electrons. The molecule has 2 aromatic heterocycles. The van der Waals surface area contributed by atoms with E-state index in [1.54, 1.807) is 16.8 Å². The molecule has 30 heavy (non-hydrogen) atoms. The summed E-state index contributed by atoms with van der Waals surface area (Å²) in [5.74, 6) is 0.816. The molecule has 4 aromatic rings. The highest BCUT2D eigenvalue weighted by atomic mass is 35.5. The number of benzene rings is 2. The van der Waals surface area contributed by atoms with E-state index in [1.165, 1.54) is 5.56 Å². The van der Waals surface area contributed by atoms with Gasteiger partial charge < -0.3 is 5.32 Å². The summed E-state index contributed by atoms with van der Waals surface area (Å²) >= 11 is 6.06. The summed E-state index contributed by atoms with van der Waals surface area (Å²) in [6, 6.07) is 15.2. The quantitative estimate of drug-likeness (QED) is 0.460. The van der Waals surface area contributed by atoms with E-state index in [2.05, 4.69) is 57.0 Å². The van der Waals surface area contributed by atoms with Gasteiger partial charge in [0.25, 0.3) is 5.56 Å². The molecule has 9 heteroatoms. The first-order valence-corrected chi connectivity index (χ1v) is 9.94. The lowest BCUT2D eigenvalue weighted by Gasteiger charge is -2.28. The Kier molecular flexibility index (Phi) is 4.36. The van der Waals surface area contributed by atoms with Crippen LogP contribution in [-0.4, -0.2) is 30.4 Å². The molecular formula is C21H18ClN7O. The molecule has 8 nitrogen and oxygen atoms in total. The van der Waals surface area contributed by atoms with Crippen molar-refractivity contribution in [2.75, 3.05) is 5.32 Å². The minimum Gasteiger partial charge on any atom is -0.318 e. The monoisotopic (exact) mass is 419 g/mol. The van der Waals surface area contributed by atoms with Crippen LogP contribution >= 0.6 is 11.6 Å². The number of H-pyrrole nitrogens is 1. The molecule has 1 aliphatic heterocycles. The normalized spacial score (nSPS) is 14.9. The molecular weight excluding hydrogens is 402 g/mol. The van der Waals surface area contributed by atoms with Crippen LogP contribution in [0, 0.1) is 0 Å². The zero-order valence-electron chi connectivity index (χ0n) is 16.3. The molecule has 5 rings (SSSR count). The highest BCUT2D eigenvalue weighted by Gasteiger charge is 2.34. The van der Waals surface area contributed by atoms with Gasteiger partial charge in [-0.05, 0) is 39.6 Å². The highest BCUT2D eigenvalue weighted by molar-refractivity contribution is 6.30. The van der Waals surface area contributed by atoms with E-state index in [4.69, 9.17) is 11.6 Å². The molecule has 3 heterocycles. The van der Waals surface area contributed by atoms with Gasteiger partial charge >= 0.3 is 0 Å². The van der Waals surface area contributed by atoms with Crippen molar-refractivity contribution >= 4 is 23.2 Å². The number of tetrazole rings is 1. The number of nitrogens with zero attached hydrogens (tertiary/aromatic N) is 5. The second-order valence-corrected chi connectivity index (χ2v) is 7.93. The van der Waals surface area contributed by atoms with Crippen molar-refractivity contribution < 1.29 is 0 Å². The van der Waals surface area contributed by atoms with E-state index in [1.807, 2.05) is 24.3 Å². The number of hydrogen-bond donors (Lipinski definition) is 2. The Bertz CT molecular complexity index is 1280. The predicted octanol–water partition coefficient (Wildman–Crippen LogP) is 3.89. The molecule has 0 spiro atoms. The van der Waals surface area contributed by atoms with Gasteiger partial charge in [-0.15, -0.1) is 0 Å². The molecule has 0 unspecified atom stereocenters. The van der Waals surface area contributed by atoms with E-state index in [9.17, 15) is 4.79 Å². The van der Waals surface area contributed by atoms with E-state index in [0.717, 1.165) is 11.1 Å². The molecule has 0 aliphatic carbocycles. The Balaban J connectivity index is 1.76. The van der Waals surface area contributed by atoms with Crippen molar-refractivity contribution in [3.63, 3.8) is 0 Å². The molecule has 0 saturated carbocycles. The third-order valence-electron chi connectivity index (χ3n) is 5.30. The van der Waals surface area contributed by atoms with Crippen LogP contribution in [0.25, 0.3) is 11.3 Å². The van der Waals surface area contributed by atoms with Crippen LogP contribution in [0.3, 0.4) is 0 Å². The van der Waals surface area contributed by atoms with Crippen LogP contribution in [-0.2, 0) is 0 Å². The van der Waals surface area contributed by atoms with Gasteiger partial charge in [0.15, 0.2) is 0 Å². The van der Waals surface area contributed by atoms with Gasteiger partial charge in [0.1, 0.15) is 11.7 Å². The predicted molar refractivity (Wildman–Crippen MR) is 114 cm³/mol. The van der Waals surface area contributed by atoms with Crippen molar-refractivity contribution in [3.8, 4) is 11.3 Å². The number of halogens is 1. The van der Waals surface area contributed by atoms with Gasteiger partial charge in [0.2, 0.25) is 5.95 Å². The largest absolute Gasteiger partial charge is 0.318 e. The molecule has 0 amide bonds. The van der Waals surface area contributed by atoms with Crippen LogP contribution < -0.4 is 10.9 Å². The lowest BCUT2D eigenvalue weighted by molar-refractivity contribution is 0.567. The summed E-state index contributed by atoms with van der Waals surface area (Å²) in [6.07, 6.45) is 0. The molecule has 0 bridgehead atoms. The SMILES string of the molecule is CC(C)c1ccc([C@@H]2c3c(-c4ccc(Cl)cc4)n[nH]c(=O)c3Nc3nnnn32)cc1. The third kappa shape index (κ3) is 2.96. The number of nitrogens with one attached hydrogen (secondary N) is 2. The van der Waals surface area contributed by atoms with Crippen molar-refractivity contribution in [1.29, 1.82) is 0 Å². The van der Waals surface area contributed by atoms with Crippen LogP contribution in [0.1, 0.15) is 42.5 Å². The van der Waals surface area contributed by atoms with Crippen molar-refractivity contribution in [3.05, 3.63) is 80.6 Å². The van der Waals surface area contributed by atoms with Gasteiger partial charge in [-0.3, -0.25) is 4.79 Å². The van der Waals surface area contributed by atoms with Crippen molar-refractivity contribution in [1.82, 2.24) is 30.4 Å². The molecule has 2 N–H and O–H groups in total. The average molecular weight is 420 g/mol. The van der Waals surface area contributed by atoms with E-state index >= 15 is 0 Å². The van der Waals surface area contributed by atoms with Crippen molar-refractivity contribution in [2.45, 2.75) is 25.8 Å². The van der Waals surface area contributed by atoms with Crippen LogP contribution in [0.4, 0.5) is 11.6 Å². The standard InChI is InChI=1S/C21H18ClN7O/c1-11(2)12-3-5-14(6-4-12)19-16-17(13-7-9-15(22)10-8-13)24-25-20(30)18(16)23-21-26-27-28-29(19)21/h3-11,19H,1-2H3,(H,25,30)(H,23,26,28)/t19-/m1/s1. The first-order chi connectivity index (χ1) is 14.5. The van der Waals surface area contributed by atoms with E-state index in [-0.39, 0.29) is 5.56 Å². The number of hydrogen-bond acceptors (Lipinski definition) is 6. The fourth-order valence-electron chi connectivity index (χ4n) is 3.74. The van der Waals surface area contributed by atoms with Gasteiger partial charge in [-0.2, -0.15) is 9.78 Å². The number of aromatic nitrogens is 6. The number of anilines is 2. The Hall–Kier alpha value is -3.52. The summed E-state index contributed by atoms with van der Waals surface area (Å²) < 4.78 is 1.67. The van der Waals surface area contributed by atoms with Crippen LogP contribution in [0.15, 0.2) is 53.3 Å². The highest BCUT2D eigenvalue weighted by Crippen LogP contribution is 2.41. The Morgan fingerprint density at radius 2 is 1.80 bits per heavy atom. The number of fused-ring (bicyclic) bond motifs is 2. The second kappa shape index (κ2) is 7.07. The maximum Gasteiger partial charge on any atom is 0.288 e. The third-order valence-corrected chi connectivity index (χ3v) is 5.56. The Morgan fingerprint density at radius 1 is 1.07 bits per heavy atom. The molecule has 0 fully saturated rings. The number of rotatable bonds is 3. The molecule has 1 atom stereocenters. The lowest BCUT2D eigenvalue weighted by atomic mass is 9.91. The van der Waals surface area contributed by atoms with E-state index in [0.29, 0.717) is 33.8 Å². The molecule has 0 saturated heterocycles. The Morgan fingerprint density at radius 3 is 2.50 bits per heavy atom. The smallest absolute Gasteiger partial charge is 0.288 e. The lowest BCUT2D eigenvalue weighted by Crippen LogP contribution is -2.29. The summed E-state index contributed by atoms with van der Waals surface area (Å²) in [5.41, 5.74) is 4.40. The van der Waals surface area contributed by atoms with Gasteiger partial charge in [-0.25, -0.2) is 5.10 Å². The fourth-order valence-corrected chi connectivity index (χ4v) is 3.86. The minimum absolute atomic E-state index is 0.333. The summed E-state index contributed by atoms with van der Waals surface area (Å²) in [4.78, 5) is 12.7. The molecule has 1 aliphatic rings. The second-order valence-electron chi connectivity index (χ2n) is 7.49. The first kappa shape index (κ1) is 18.5. The van der Waals surface area contributed by atoms with Crippen LogP contribution in [0.5, 0.6) is 0 Å². The first-order valence-electron chi connectivity index (χ1n) is 9.56. The zero-order valence-corrected chi connectivity index (χ0v) is 17.1. The summed E-state index contributed by atoms with van der Waals surface area (Å²) in [5, 5.41) is 22.6. The average Bonchev–Trinajstić information content (AvgIpc) is 3.22. The summed E-state index contributed by atoms with van der Waals surface area (Å²) in [7, 11) is 0. The van der Waals surface area contributed by atoms with Gasteiger partial charge in [-0.1, -0.05) is 66.9 Å². The maximum atomic E-state index is 12.7. The zero-order chi connectivity index (χ0) is 20.8.